The van der Waals surface area contributed by atoms with Crippen LogP contribution in [0.3, 0.4) is 0 Å². The summed E-state index contributed by atoms with van der Waals surface area (Å²) in [5.74, 6) is 0. The number of nitrogens with zero attached hydrogens (tertiary/aromatic N) is 1. The van der Waals surface area contributed by atoms with Crippen LogP contribution < -0.4 is 0.428 Å². The van der Waals surface area contributed by atoms with E-state index in [1.165, 1.54) is 15.5 Å². The van der Waals surface area contributed by atoms with Gasteiger partial charge in [-0.3, -0.25) is 0 Å². The Morgan fingerprint density at radius 2 is 2.20 bits per heavy atom. The molecule has 0 amide bonds. The van der Waals surface area contributed by atoms with Gasteiger partial charge >= 0.3 is 131 Å². The van der Waals surface area contributed by atoms with E-state index in [0.29, 0.717) is 0 Å². The van der Waals surface area contributed by atoms with Gasteiger partial charge in [0, 0.05) is 0 Å². The Morgan fingerprint density at radius 1 is 1.47 bits per heavy atom. The third kappa shape index (κ3) is 4.31. The van der Waals surface area contributed by atoms with Crippen molar-refractivity contribution >= 4 is 21.9 Å². The van der Waals surface area contributed by atoms with Crippen molar-refractivity contribution in [2.45, 2.75) is 20.3 Å². The van der Waals surface area contributed by atoms with Crippen molar-refractivity contribution in [3.8, 4) is 0 Å². The van der Waals surface area contributed by atoms with Crippen LogP contribution in [0.25, 0.3) is 5.57 Å². The summed E-state index contributed by atoms with van der Waals surface area (Å²) >= 11 is 3.48. The third-order valence-electron chi connectivity index (χ3n) is 2.09. The zero-order valence-corrected chi connectivity index (χ0v) is 21.2. The Balaban J connectivity index is 2.93. The first kappa shape index (κ1) is 13.9. The van der Waals surface area contributed by atoms with Crippen molar-refractivity contribution in [2.24, 2.45) is 0 Å². The number of hydrogen-bond acceptors (Lipinski definition) is 2. The van der Waals surface area contributed by atoms with Crippen LogP contribution in [0.15, 0.2) is 30.4 Å². The molecule has 0 saturated carbocycles. The van der Waals surface area contributed by atoms with Gasteiger partial charge in [0.05, 0.1) is 0 Å². The van der Waals surface area contributed by atoms with Gasteiger partial charge in [0.15, 0.2) is 0 Å². The Bertz CT molecular complexity index is 366. The van der Waals surface area contributed by atoms with Crippen LogP contribution in [-0.4, -0.2) is 0 Å². The zero-order chi connectivity index (χ0) is 11.3. The van der Waals surface area contributed by atoms with Crippen molar-refractivity contribution in [3.05, 3.63) is 35.2 Å². The second-order valence-electron chi connectivity index (χ2n) is 3.25. The molecule has 0 aliphatic carbocycles. The first-order valence-electron chi connectivity index (χ1n) is 5.02. The molecule has 0 atom stereocenters. The minimum absolute atomic E-state index is 0.767. The molecule has 72 valence electrons. The molecule has 0 spiro atoms. The maximum absolute atomic E-state index is 2.54. The van der Waals surface area contributed by atoms with Crippen molar-refractivity contribution in [3.63, 3.8) is 0 Å². The van der Waals surface area contributed by atoms with Crippen molar-refractivity contribution < 1.29 is 52.8 Å². The third-order valence-corrected chi connectivity index (χ3v) is 7.74. The van der Waals surface area contributed by atoms with E-state index in [2.05, 4.69) is 44.6 Å². The molecule has 4 heteroatoms. The molecule has 1 heterocycles. The number of rotatable bonds is 4. The summed E-state index contributed by atoms with van der Waals surface area (Å²) in [5.41, 5.74) is 1.45. The molecule has 1 rings (SSSR count). The zero-order valence-electron chi connectivity index (χ0n) is 9.36. The van der Waals surface area contributed by atoms with Crippen LogP contribution >= 0.6 is 11.3 Å². The molecule has 0 unspecified atom stereocenters. The summed E-state index contributed by atoms with van der Waals surface area (Å²) in [7, 11) is 0. The monoisotopic (exact) mass is 595 g/mol. The molecule has 1 aromatic heterocycles. The fraction of sp³-hybridized carbons (Fsp3) is 0.273. The molecule has 0 aliphatic heterocycles. The summed E-state index contributed by atoms with van der Waals surface area (Å²) in [6, 6.07) is 4.55. The topological polar surface area (TPSA) is 3.24 Å². The summed E-state index contributed by atoms with van der Waals surface area (Å²) in [6.07, 6.45) is 7.56. The van der Waals surface area contributed by atoms with Crippen LogP contribution in [0.1, 0.15) is 25.1 Å². The summed E-state index contributed by atoms with van der Waals surface area (Å²) in [5, 5.41) is 1.48. The van der Waals surface area contributed by atoms with Gasteiger partial charge in [-0.05, 0) is 0 Å². The first-order chi connectivity index (χ1) is 7.19. The summed E-state index contributed by atoms with van der Waals surface area (Å²) in [6.45, 7) is 4.28. The van der Waals surface area contributed by atoms with Gasteiger partial charge in [-0.15, -0.1) is 0 Å². The SMILES string of the molecule is C/C=C\C=C(/CC)c1ccc([N]([Hg])[Hg])s1. The Morgan fingerprint density at radius 3 is 2.67 bits per heavy atom. The second kappa shape index (κ2) is 7.23. The van der Waals surface area contributed by atoms with Gasteiger partial charge in [-0.25, -0.2) is 0 Å². The molecule has 0 aliphatic rings. The fourth-order valence-electron chi connectivity index (χ4n) is 1.26. The predicted molar refractivity (Wildman–Crippen MR) is 59.9 cm³/mol. The van der Waals surface area contributed by atoms with E-state index in [9.17, 15) is 0 Å². The molecule has 0 fully saturated rings. The van der Waals surface area contributed by atoms with E-state index in [1.807, 2.05) is 11.3 Å². The van der Waals surface area contributed by atoms with Crippen LogP contribution in [0.4, 0.5) is 5.00 Å². The van der Waals surface area contributed by atoms with E-state index in [0.717, 1.165) is 59.3 Å². The van der Waals surface area contributed by atoms with Crippen LogP contribution in [0, 0.1) is 0 Å². The van der Waals surface area contributed by atoms with Crippen LogP contribution in [-0.2, 0) is 52.8 Å². The molecular weight excluding hydrogens is 579 g/mol. The van der Waals surface area contributed by atoms with E-state index in [1.54, 1.807) is 0 Å². The fourth-order valence-corrected chi connectivity index (χ4v) is 4.55. The average molecular weight is 592 g/mol. The van der Waals surface area contributed by atoms with Gasteiger partial charge in [0.25, 0.3) is 0 Å². The Kier molecular flexibility index (Phi) is 6.71. The van der Waals surface area contributed by atoms with Gasteiger partial charge in [0.2, 0.25) is 0 Å². The Hall–Kier alpha value is 0.850. The normalized spacial score (nSPS) is 12.5. The molecule has 15 heavy (non-hydrogen) atoms. The molecule has 0 radical (unpaired) electrons. The second-order valence-corrected chi connectivity index (χ2v) is 23.8. The van der Waals surface area contributed by atoms with Crippen LogP contribution in [0.2, 0.25) is 0 Å². The molecular formula is C11H13Hg2NS. The Labute approximate surface area is 129 Å². The number of thiophene rings is 1. The van der Waals surface area contributed by atoms with E-state index in [-0.39, 0.29) is 0 Å². The molecule has 0 N–H and O–H groups in total. The maximum atomic E-state index is 2.54. The molecule has 1 nitrogen and oxygen atoms in total. The van der Waals surface area contributed by atoms with Crippen molar-refractivity contribution in [1.82, 2.24) is 0 Å². The van der Waals surface area contributed by atoms with Gasteiger partial charge in [0.1, 0.15) is 0 Å². The van der Waals surface area contributed by atoms with E-state index < -0.39 is 0 Å². The number of anilines is 1. The molecule has 0 bridgehead atoms. The summed E-state index contributed by atoms with van der Waals surface area (Å²) in [4.78, 5) is 1.44. The van der Waals surface area contributed by atoms with Gasteiger partial charge < -0.3 is 0 Å². The number of hydrogen-bond donors (Lipinski definition) is 0. The van der Waals surface area contributed by atoms with Gasteiger partial charge in [-0.2, -0.15) is 0 Å². The van der Waals surface area contributed by atoms with Crippen LogP contribution in [0.5, 0.6) is 0 Å². The molecule has 1 aromatic rings. The van der Waals surface area contributed by atoms with E-state index >= 15 is 0 Å². The average Bonchev–Trinajstić information content (AvgIpc) is 2.68. The molecule has 0 saturated heterocycles. The van der Waals surface area contributed by atoms with Gasteiger partial charge in [-0.1, -0.05) is 0 Å². The number of allylic oxidation sites excluding steroid dienone is 4. The predicted octanol–water partition coefficient (Wildman–Crippen LogP) is 3.85. The quantitative estimate of drug-likeness (QED) is 0.380. The minimum atomic E-state index is 0.767. The molecule has 0 aromatic carbocycles. The first-order valence-corrected chi connectivity index (χ1v) is 10.8. The summed E-state index contributed by atoms with van der Waals surface area (Å²) < 4.78 is 2.54. The standard InChI is InChI=1S/C11H13NS.2Hg/c1-3-5-6-9(4-2)10-7-8-11(12)13-10;;/h3,5-8H,4H2,1-2H3;;/b5-3-,9-6+;;. The van der Waals surface area contributed by atoms with Crippen molar-refractivity contribution in [1.29, 1.82) is 0 Å². The van der Waals surface area contributed by atoms with E-state index in [4.69, 9.17) is 0 Å². The van der Waals surface area contributed by atoms with Crippen molar-refractivity contribution in [2.75, 3.05) is 0.428 Å².